The smallest absolute Gasteiger partial charge is 0.115 e. The second kappa shape index (κ2) is 8.83. The predicted molar refractivity (Wildman–Crippen MR) is 93.5 cm³/mol. The van der Waals surface area contributed by atoms with Gasteiger partial charge in [-0.3, -0.25) is 0 Å². The first-order valence-electron chi connectivity index (χ1n) is 8.25. The molecule has 0 saturated heterocycles. The molecule has 0 aliphatic heterocycles. The van der Waals surface area contributed by atoms with Crippen molar-refractivity contribution < 1.29 is 20.1 Å². The number of aliphatic hydroxyl groups is 2. The highest BCUT2D eigenvalue weighted by atomic mass is 16.5. The molecule has 0 unspecified atom stereocenters. The number of aromatic hydroxyl groups is 1. The van der Waals surface area contributed by atoms with E-state index >= 15 is 0 Å². The summed E-state index contributed by atoms with van der Waals surface area (Å²) in [6, 6.07) is 16.3. The van der Waals surface area contributed by atoms with Crippen LogP contribution in [0.2, 0.25) is 0 Å². The molecule has 4 atom stereocenters. The molecule has 2 rings (SSSR count). The quantitative estimate of drug-likeness (QED) is 0.695. The molecule has 0 heterocycles. The van der Waals surface area contributed by atoms with Crippen molar-refractivity contribution in [1.29, 1.82) is 0 Å². The van der Waals surface area contributed by atoms with Gasteiger partial charge in [-0.25, -0.2) is 0 Å². The number of aliphatic hydroxyl groups excluding tert-OH is 2. The van der Waals surface area contributed by atoms with Crippen molar-refractivity contribution in [3.63, 3.8) is 0 Å². The summed E-state index contributed by atoms with van der Waals surface area (Å²) in [5.41, 5.74) is 1.77. The number of phenolic OH excluding ortho intramolecular Hbond substituents is 1. The Morgan fingerprint density at radius 3 is 2.17 bits per heavy atom. The molecule has 0 bridgehead atoms. The minimum absolute atomic E-state index is 0.101. The molecule has 2 aromatic rings. The molecule has 130 valence electrons. The molecule has 4 nitrogen and oxygen atoms in total. The topological polar surface area (TPSA) is 69.9 Å². The summed E-state index contributed by atoms with van der Waals surface area (Å²) in [7, 11) is 0. The fourth-order valence-electron chi connectivity index (χ4n) is 2.72. The molecule has 0 fully saturated rings. The second-order valence-corrected chi connectivity index (χ2v) is 6.36. The van der Waals surface area contributed by atoms with Crippen molar-refractivity contribution in [2.45, 2.75) is 32.7 Å². The maximum absolute atomic E-state index is 10.5. The van der Waals surface area contributed by atoms with Crippen molar-refractivity contribution in [2.24, 2.45) is 11.8 Å². The van der Waals surface area contributed by atoms with Crippen LogP contribution in [0.5, 0.6) is 5.75 Å². The lowest BCUT2D eigenvalue weighted by Crippen LogP contribution is -2.32. The van der Waals surface area contributed by atoms with E-state index in [-0.39, 0.29) is 17.6 Å². The van der Waals surface area contributed by atoms with Crippen molar-refractivity contribution in [2.75, 3.05) is 6.61 Å². The highest BCUT2D eigenvalue weighted by Crippen LogP contribution is 2.28. The van der Waals surface area contributed by atoms with E-state index in [4.69, 9.17) is 4.74 Å². The Balaban J connectivity index is 1.84. The van der Waals surface area contributed by atoms with Crippen LogP contribution >= 0.6 is 0 Å². The Kier molecular flexibility index (Phi) is 6.79. The molecule has 0 radical (unpaired) electrons. The summed E-state index contributed by atoms with van der Waals surface area (Å²) >= 11 is 0. The maximum atomic E-state index is 10.5. The number of benzene rings is 2. The summed E-state index contributed by atoms with van der Waals surface area (Å²) in [5.74, 6) is -0.290. The lowest BCUT2D eigenvalue weighted by Gasteiger charge is -2.28. The van der Waals surface area contributed by atoms with Crippen molar-refractivity contribution in [3.8, 4) is 5.75 Å². The summed E-state index contributed by atoms with van der Waals surface area (Å²) in [4.78, 5) is 0. The predicted octanol–water partition coefficient (Wildman–Crippen LogP) is 3.28. The van der Waals surface area contributed by atoms with Gasteiger partial charge in [-0.05, 0) is 23.3 Å². The number of rotatable bonds is 8. The minimum Gasteiger partial charge on any atom is -0.508 e. The van der Waals surface area contributed by atoms with E-state index in [1.807, 2.05) is 44.2 Å². The lowest BCUT2D eigenvalue weighted by atomic mass is 9.86. The van der Waals surface area contributed by atoms with Gasteiger partial charge in [-0.15, -0.1) is 0 Å². The average Bonchev–Trinajstić information content (AvgIpc) is 2.61. The van der Waals surface area contributed by atoms with Gasteiger partial charge in [-0.2, -0.15) is 0 Å². The highest BCUT2D eigenvalue weighted by molar-refractivity contribution is 5.27. The SMILES string of the molecule is C[C@@H]([C@@H](O)[C@H](C)COCc1ccccc1)[C@H](O)c1ccc(O)cc1. The molecule has 0 aromatic heterocycles. The van der Waals surface area contributed by atoms with Gasteiger partial charge >= 0.3 is 0 Å². The number of phenols is 1. The van der Waals surface area contributed by atoms with Crippen LogP contribution in [0.1, 0.15) is 31.1 Å². The standard InChI is InChI=1S/C20H26O4/c1-14(12-24-13-16-6-4-3-5-7-16)19(22)15(2)20(23)17-8-10-18(21)11-9-17/h3-11,14-15,19-23H,12-13H2,1-2H3/t14-,15+,19+,20+/m1/s1. The molecule has 2 aromatic carbocycles. The monoisotopic (exact) mass is 330 g/mol. The summed E-state index contributed by atoms with van der Waals surface area (Å²) in [6.45, 7) is 4.65. The number of hydrogen-bond donors (Lipinski definition) is 3. The normalized spacial score (nSPS) is 16.3. The first kappa shape index (κ1) is 18.5. The Morgan fingerprint density at radius 2 is 1.54 bits per heavy atom. The van der Waals surface area contributed by atoms with E-state index in [0.717, 1.165) is 5.56 Å². The third kappa shape index (κ3) is 5.06. The van der Waals surface area contributed by atoms with E-state index < -0.39 is 12.2 Å². The number of ether oxygens (including phenoxy) is 1. The minimum atomic E-state index is -0.794. The van der Waals surface area contributed by atoms with Crippen LogP contribution in [0.4, 0.5) is 0 Å². The van der Waals surface area contributed by atoms with E-state index in [9.17, 15) is 15.3 Å². The Bertz CT molecular complexity index is 597. The van der Waals surface area contributed by atoms with E-state index in [0.29, 0.717) is 18.8 Å². The van der Waals surface area contributed by atoms with E-state index in [1.165, 1.54) is 12.1 Å². The van der Waals surface area contributed by atoms with Crippen LogP contribution in [0.25, 0.3) is 0 Å². The van der Waals surface area contributed by atoms with Crippen molar-refractivity contribution >= 4 is 0 Å². The summed E-state index contributed by atoms with van der Waals surface area (Å²) < 4.78 is 5.68. The second-order valence-electron chi connectivity index (χ2n) is 6.36. The first-order chi connectivity index (χ1) is 11.5. The van der Waals surface area contributed by atoms with E-state index in [1.54, 1.807) is 12.1 Å². The van der Waals surface area contributed by atoms with Gasteiger partial charge in [0.2, 0.25) is 0 Å². The van der Waals surface area contributed by atoms with Crippen LogP contribution in [0.15, 0.2) is 54.6 Å². The van der Waals surface area contributed by atoms with Crippen LogP contribution in [-0.4, -0.2) is 28.0 Å². The molecular formula is C20H26O4. The summed E-state index contributed by atoms with van der Waals surface area (Å²) in [5, 5.41) is 30.2. The molecule has 0 aliphatic carbocycles. The lowest BCUT2D eigenvalue weighted by molar-refractivity contribution is -0.0353. The maximum Gasteiger partial charge on any atom is 0.115 e. The van der Waals surface area contributed by atoms with Gasteiger partial charge in [0, 0.05) is 11.8 Å². The Hall–Kier alpha value is -1.88. The summed E-state index contributed by atoms with van der Waals surface area (Å²) in [6.07, 6.45) is -1.48. The molecular weight excluding hydrogens is 304 g/mol. The fourth-order valence-corrected chi connectivity index (χ4v) is 2.72. The van der Waals surface area contributed by atoms with E-state index in [2.05, 4.69) is 0 Å². The third-order valence-electron chi connectivity index (χ3n) is 4.35. The van der Waals surface area contributed by atoms with Crippen LogP contribution in [0, 0.1) is 11.8 Å². The first-order valence-corrected chi connectivity index (χ1v) is 8.25. The third-order valence-corrected chi connectivity index (χ3v) is 4.35. The largest absolute Gasteiger partial charge is 0.508 e. The van der Waals surface area contributed by atoms with Crippen LogP contribution < -0.4 is 0 Å². The molecule has 4 heteroatoms. The Morgan fingerprint density at radius 1 is 0.917 bits per heavy atom. The molecule has 0 spiro atoms. The van der Waals surface area contributed by atoms with Gasteiger partial charge in [-0.1, -0.05) is 56.3 Å². The zero-order valence-electron chi connectivity index (χ0n) is 14.2. The van der Waals surface area contributed by atoms with Gasteiger partial charge in [0.1, 0.15) is 5.75 Å². The molecule has 3 N–H and O–H groups in total. The average molecular weight is 330 g/mol. The molecule has 0 amide bonds. The van der Waals surface area contributed by atoms with Gasteiger partial charge in [0.15, 0.2) is 0 Å². The number of hydrogen-bond acceptors (Lipinski definition) is 4. The molecule has 0 saturated carbocycles. The van der Waals surface area contributed by atoms with Crippen molar-refractivity contribution in [1.82, 2.24) is 0 Å². The van der Waals surface area contributed by atoms with Gasteiger partial charge < -0.3 is 20.1 Å². The van der Waals surface area contributed by atoms with Crippen LogP contribution in [-0.2, 0) is 11.3 Å². The van der Waals surface area contributed by atoms with Gasteiger partial charge in [0.25, 0.3) is 0 Å². The van der Waals surface area contributed by atoms with Gasteiger partial charge in [0.05, 0.1) is 25.4 Å². The molecule has 0 aliphatic rings. The van der Waals surface area contributed by atoms with Crippen molar-refractivity contribution in [3.05, 3.63) is 65.7 Å². The fraction of sp³-hybridized carbons (Fsp3) is 0.400. The van der Waals surface area contributed by atoms with Crippen LogP contribution in [0.3, 0.4) is 0 Å². The zero-order valence-corrected chi connectivity index (χ0v) is 14.2. The zero-order chi connectivity index (χ0) is 17.5. The molecule has 24 heavy (non-hydrogen) atoms. The highest BCUT2D eigenvalue weighted by Gasteiger charge is 2.28. The Labute approximate surface area is 143 Å².